The maximum Gasteiger partial charge on any atom is 0.410 e. The summed E-state index contributed by atoms with van der Waals surface area (Å²) in [7, 11) is 0. The molecule has 7 rings (SSSR count). The topological polar surface area (TPSA) is 123 Å². The van der Waals surface area contributed by atoms with E-state index in [4.69, 9.17) is 14.5 Å². The van der Waals surface area contributed by atoms with Gasteiger partial charge in [0.15, 0.2) is 23.0 Å². The third-order valence-corrected chi connectivity index (χ3v) is 7.74. The number of nitrogens with zero attached hydrogens (tertiary/aromatic N) is 8. The van der Waals surface area contributed by atoms with Gasteiger partial charge in [0.25, 0.3) is 0 Å². The van der Waals surface area contributed by atoms with Gasteiger partial charge < -0.3 is 19.7 Å². The van der Waals surface area contributed by atoms with Crippen molar-refractivity contribution >= 4 is 40.1 Å². The van der Waals surface area contributed by atoms with Crippen LogP contribution in [0, 0.1) is 6.92 Å². The van der Waals surface area contributed by atoms with Crippen LogP contribution in [-0.4, -0.2) is 78.4 Å². The molecular formula is C31H33N9O3. The number of carbonyl (C=O) groups is 1. The van der Waals surface area contributed by atoms with Crippen LogP contribution in [0.3, 0.4) is 0 Å². The summed E-state index contributed by atoms with van der Waals surface area (Å²) in [5, 5.41) is 7.63. The standard InChI is InChI=1S/C31H33N9O3/c1-19-11-22(6-5-21(19)12-20-7-8-40-26(13-20)33-18-35-40)36-28-27-24(32-17-34-28)14-25-29(37-27)38-9-10-39(23(15-38)16-42-25)30(41)43-31(2,3)4/h5-8,11,13-14,17-18,23H,9-10,12,15-16H2,1-4H3,(H,32,34,36)/t23-/m0/s1. The molecule has 2 bridgehead atoms. The first-order valence-electron chi connectivity index (χ1n) is 14.4. The van der Waals surface area contributed by atoms with Crippen LogP contribution in [0.4, 0.5) is 22.1 Å². The molecule has 1 aromatic carbocycles. The monoisotopic (exact) mass is 579 g/mol. The number of piperazine rings is 1. The zero-order chi connectivity index (χ0) is 29.7. The van der Waals surface area contributed by atoms with Crippen LogP contribution in [0.1, 0.15) is 37.5 Å². The fraction of sp³-hybridized carbons (Fsp3) is 0.355. The van der Waals surface area contributed by atoms with Crippen molar-refractivity contribution in [3.63, 3.8) is 0 Å². The van der Waals surface area contributed by atoms with Crippen molar-refractivity contribution in [1.82, 2.24) is 34.4 Å². The molecule has 5 aromatic rings. The number of benzene rings is 1. The Labute approximate surface area is 248 Å². The molecule has 2 aliphatic heterocycles. The molecule has 43 heavy (non-hydrogen) atoms. The van der Waals surface area contributed by atoms with E-state index in [0.29, 0.717) is 48.8 Å². The van der Waals surface area contributed by atoms with E-state index in [0.717, 1.165) is 29.1 Å². The molecule has 1 saturated heterocycles. The Kier molecular flexibility index (Phi) is 6.48. The number of ether oxygens (including phenoxy) is 2. The highest BCUT2D eigenvalue weighted by Gasteiger charge is 2.37. The van der Waals surface area contributed by atoms with E-state index in [1.165, 1.54) is 17.5 Å². The SMILES string of the molecule is Cc1cc(Nc2ncnc3cc4c(nc23)N2CCN(C(=O)OC(C)(C)C)[C@H](CO4)C2)ccc1Cc1ccn2ncnc2c1. The number of rotatable bonds is 4. The number of fused-ring (bicyclic) bond motifs is 6. The second kappa shape index (κ2) is 10.4. The van der Waals surface area contributed by atoms with Gasteiger partial charge in [-0.15, -0.1) is 0 Å². The summed E-state index contributed by atoms with van der Waals surface area (Å²) in [6, 6.07) is 12.2. The molecule has 1 amide bonds. The molecule has 220 valence electrons. The summed E-state index contributed by atoms with van der Waals surface area (Å²) in [4.78, 5) is 35.1. The lowest BCUT2D eigenvalue weighted by Gasteiger charge is -2.39. The van der Waals surface area contributed by atoms with E-state index in [1.807, 2.05) is 33.0 Å². The third kappa shape index (κ3) is 5.36. The molecule has 0 unspecified atom stereocenters. The average molecular weight is 580 g/mol. The van der Waals surface area contributed by atoms with Crippen molar-refractivity contribution in [2.45, 2.75) is 45.8 Å². The second-order valence-corrected chi connectivity index (χ2v) is 12.0. The average Bonchev–Trinajstić information content (AvgIpc) is 3.39. The normalized spacial score (nSPS) is 16.5. The number of carbonyl (C=O) groups excluding carboxylic acids is 1. The largest absolute Gasteiger partial charge is 0.487 e. The van der Waals surface area contributed by atoms with Gasteiger partial charge in [-0.3, -0.25) is 4.90 Å². The summed E-state index contributed by atoms with van der Waals surface area (Å²) in [6.45, 7) is 9.83. The lowest BCUT2D eigenvalue weighted by molar-refractivity contribution is 0.00974. The van der Waals surface area contributed by atoms with Gasteiger partial charge in [-0.25, -0.2) is 29.2 Å². The zero-order valence-electron chi connectivity index (χ0n) is 24.6. The summed E-state index contributed by atoms with van der Waals surface area (Å²) in [5.74, 6) is 1.99. The van der Waals surface area contributed by atoms with E-state index in [1.54, 1.807) is 15.7 Å². The lowest BCUT2D eigenvalue weighted by atomic mass is 10.0. The van der Waals surface area contributed by atoms with Gasteiger partial charge in [0.2, 0.25) is 0 Å². The Morgan fingerprint density at radius 2 is 1.98 bits per heavy atom. The molecular weight excluding hydrogens is 546 g/mol. The van der Waals surface area contributed by atoms with E-state index in [9.17, 15) is 4.79 Å². The number of amides is 1. The zero-order valence-corrected chi connectivity index (χ0v) is 24.6. The molecule has 0 saturated carbocycles. The lowest BCUT2D eigenvalue weighted by Crippen LogP contribution is -2.57. The molecule has 12 heteroatoms. The second-order valence-electron chi connectivity index (χ2n) is 12.0. The van der Waals surface area contributed by atoms with Crippen LogP contribution < -0.4 is 15.0 Å². The van der Waals surface area contributed by atoms with E-state index in [2.05, 4.69) is 67.5 Å². The minimum Gasteiger partial charge on any atom is -0.487 e. The molecule has 0 spiro atoms. The van der Waals surface area contributed by atoms with Crippen LogP contribution in [0.2, 0.25) is 0 Å². The molecule has 6 heterocycles. The van der Waals surface area contributed by atoms with Crippen LogP contribution in [-0.2, 0) is 11.2 Å². The molecule has 1 fully saturated rings. The van der Waals surface area contributed by atoms with Gasteiger partial charge >= 0.3 is 6.09 Å². The third-order valence-electron chi connectivity index (χ3n) is 7.74. The van der Waals surface area contributed by atoms with Gasteiger partial charge in [0.1, 0.15) is 30.4 Å². The van der Waals surface area contributed by atoms with E-state index < -0.39 is 5.60 Å². The minimum absolute atomic E-state index is 0.149. The summed E-state index contributed by atoms with van der Waals surface area (Å²) < 4.78 is 13.6. The Hall–Kier alpha value is -5.00. The van der Waals surface area contributed by atoms with Crippen LogP contribution in [0.25, 0.3) is 16.7 Å². The maximum atomic E-state index is 12.9. The number of pyridine rings is 2. The molecule has 2 aliphatic rings. The highest BCUT2D eigenvalue weighted by molar-refractivity contribution is 5.90. The number of anilines is 3. The highest BCUT2D eigenvalue weighted by atomic mass is 16.6. The Balaban J connectivity index is 1.12. The van der Waals surface area contributed by atoms with Gasteiger partial charge in [-0.05, 0) is 75.1 Å². The minimum atomic E-state index is -0.559. The van der Waals surface area contributed by atoms with Crippen molar-refractivity contribution in [3.8, 4) is 5.75 Å². The number of aryl methyl sites for hydroxylation is 1. The first-order chi connectivity index (χ1) is 20.7. The van der Waals surface area contributed by atoms with Crippen LogP contribution in [0.5, 0.6) is 5.75 Å². The van der Waals surface area contributed by atoms with Gasteiger partial charge in [0.05, 0.1) is 11.6 Å². The molecule has 0 radical (unpaired) electrons. The van der Waals surface area contributed by atoms with E-state index in [-0.39, 0.29) is 12.1 Å². The van der Waals surface area contributed by atoms with Crippen LogP contribution >= 0.6 is 0 Å². The van der Waals surface area contributed by atoms with E-state index >= 15 is 0 Å². The number of aromatic nitrogens is 6. The predicted molar refractivity (Wildman–Crippen MR) is 162 cm³/mol. The van der Waals surface area contributed by atoms with Gasteiger partial charge in [0, 0.05) is 37.6 Å². The molecule has 4 aromatic heterocycles. The highest BCUT2D eigenvalue weighted by Crippen LogP contribution is 2.36. The number of hydrogen-bond donors (Lipinski definition) is 1. The fourth-order valence-corrected chi connectivity index (χ4v) is 5.62. The smallest absolute Gasteiger partial charge is 0.410 e. The number of hydrogen-bond acceptors (Lipinski definition) is 10. The Bertz CT molecular complexity index is 1850. The van der Waals surface area contributed by atoms with Crippen LogP contribution in [0.15, 0.2) is 55.2 Å². The van der Waals surface area contributed by atoms with Crippen molar-refractivity contribution in [2.24, 2.45) is 0 Å². The Morgan fingerprint density at radius 1 is 1.09 bits per heavy atom. The van der Waals surface area contributed by atoms with Gasteiger partial charge in [-0.2, -0.15) is 5.10 Å². The van der Waals surface area contributed by atoms with Crippen molar-refractivity contribution in [2.75, 3.05) is 36.5 Å². The number of nitrogens with one attached hydrogen (secondary N) is 1. The van der Waals surface area contributed by atoms with Crippen molar-refractivity contribution < 1.29 is 14.3 Å². The van der Waals surface area contributed by atoms with Gasteiger partial charge in [-0.1, -0.05) is 6.07 Å². The first kappa shape index (κ1) is 26.9. The fourth-order valence-electron chi connectivity index (χ4n) is 5.62. The predicted octanol–water partition coefficient (Wildman–Crippen LogP) is 4.53. The quantitative estimate of drug-likeness (QED) is 0.325. The van der Waals surface area contributed by atoms with Crippen molar-refractivity contribution in [3.05, 3.63) is 71.9 Å². The summed E-state index contributed by atoms with van der Waals surface area (Å²) >= 11 is 0. The first-order valence-corrected chi connectivity index (χ1v) is 14.4. The summed E-state index contributed by atoms with van der Waals surface area (Å²) in [6.07, 6.45) is 5.50. The van der Waals surface area contributed by atoms with Crippen molar-refractivity contribution in [1.29, 1.82) is 0 Å². The molecule has 0 aliphatic carbocycles. The molecule has 1 N–H and O–H groups in total. The molecule has 12 nitrogen and oxygen atoms in total. The Morgan fingerprint density at radius 3 is 2.81 bits per heavy atom. The summed E-state index contributed by atoms with van der Waals surface area (Å²) in [5.41, 5.74) is 6.07. The maximum absolute atomic E-state index is 12.9. The molecule has 1 atom stereocenters.